The summed E-state index contributed by atoms with van der Waals surface area (Å²) in [5.41, 5.74) is 5.68. The number of carbonyl (C=O) groups excluding carboxylic acids is 3. The van der Waals surface area contributed by atoms with Crippen LogP contribution < -0.4 is 16.0 Å². The fourth-order valence-corrected chi connectivity index (χ4v) is 7.11. The first-order valence-electron chi connectivity index (χ1n) is 16.2. The van der Waals surface area contributed by atoms with Crippen molar-refractivity contribution in [1.29, 1.82) is 0 Å². The van der Waals surface area contributed by atoms with Gasteiger partial charge >= 0.3 is 0 Å². The molecule has 7 nitrogen and oxygen atoms in total. The number of thiazole rings is 1. The molecule has 1 aromatic heterocycles. The second-order valence-corrected chi connectivity index (χ2v) is 14.4. The monoisotopic (exact) mass is 772 g/mol. The second-order valence-electron chi connectivity index (χ2n) is 11.4. The molecule has 0 bridgehead atoms. The summed E-state index contributed by atoms with van der Waals surface area (Å²) in [6, 6.07) is 41.7. The number of benzene rings is 5. The summed E-state index contributed by atoms with van der Waals surface area (Å²) in [6.45, 7) is 1.96. The van der Waals surface area contributed by atoms with E-state index in [0.29, 0.717) is 22.8 Å². The van der Waals surface area contributed by atoms with Crippen molar-refractivity contribution in [3.8, 4) is 22.4 Å². The van der Waals surface area contributed by atoms with Gasteiger partial charge in [0.25, 0.3) is 11.8 Å². The first-order valence-corrected chi connectivity index (χ1v) is 18.7. The molecule has 3 amide bonds. The van der Waals surface area contributed by atoms with E-state index in [0.717, 1.165) is 37.3 Å². The van der Waals surface area contributed by atoms with Gasteiger partial charge in [-0.25, -0.2) is 4.98 Å². The smallest absolute Gasteiger partial charge is 0.272 e. The molecule has 5 aromatic carbocycles. The summed E-state index contributed by atoms with van der Waals surface area (Å²) in [4.78, 5) is 45.6. The van der Waals surface area contributed by atoms with Crippen LogP contribution >= 0.6 is 39.0 Å². The van der Waals surface area contributed by atoms with E-state index >= 15 is 0 Å². The van der Waals surface area contributed by atoms with E-state index in [-0.39, 0.29) is 11.6 Å². The van der Waals surface area contributed by atoms with Gasteiger partial charge in [-0.1, -0.05) is 114 Å². The van der Waals surface area contributed by atoms with Gasteiger partial charge in [0.1, 0.15) is 5.70 Å². The molecule has 0 aliphatic carbocycles. The van der Waals surface area contributed by atoms with E-state index in [1.54, 1.807) is 36.4 Å². The quantitative estimate of drug-likeness (QED) is 0.0850. The molecule has 1 unspecified atom stereocenters. The van der Waals surface area contributed by atoms with Crippen LogP contribution in [0.4, 0.5) is 10.8 Å². The zero-order chi connectivity index (χ0) is 35.6. The van der Waals surface area contributed by atoms with Gasteiger partial charge in [-0.2, -0.15) is 0 Å². The molecule has 1 atom stereocenters. The molecule has 0 aliphatic heterocycles. The van der Waals surface area contributed by atoms with Crippen LogP contribution in [0.3, 0.4) is 0 Å². The van der Waals surface area contributed by atoms with Crippen molar-refractivity contribution in [3.05, 3.63) is 160 Å². The average molecular weight is 774 g/mol. The fourth-order valence-electron chi connectivity index (χ4n) is 5.11. The number of carbonyl (C=O) groups is 3. The molecule has 0 fully saturated rings. The Kier molecular flexibility index (Phi) is 11.9. The van der Waals surface area contributed by atoms with Crippen LogP contribution in [-0.4, -0.2) is 28.0 Å². The van der Waals surface area contributed by atoms with Crippen molar-refractivity contribution >= 4 is 73.6 Å². The van der Waals surface area contributed by atoms with Crippen LogP contribution in [0.5, 0.6) is 0 Å². The van der Waals surface area contributed by atoms with Gasteiger partial charge in [-0.15, -0.1) is 23.1 Å². The number of halogens is 1. The SMILES string of the molecule is CCC(Sc1cccc(NC(=O)/C(=C\c2ccc(-c3ccccc3)cc2)NC(=O)c2ccccc2)c1)C(=O)Nc1nc(-c2ccc(Br)cc2)cs1. The summed E-state index contributed by atoms with van der Waals surface area (Å²) < 4.78 is 0.984. The topological polar surface area (TPSA) is 100 Å². The van der Waals surface area contributed by atoms with Gasteiger partial charge < -0.3 is 16.0 Å². The van der Waals surface area contributed by atoms with Crippen LogP contribution in [0.2, 0.25) is 0 Å². The molecule has 1 heterocycles. The third-order valence-electron chi connectivity index (χ3n) is 7.77. The normalized spacial score (nSPS) is 11.8. The maximum atomic E-state index is 13.7. The van der Waals surface area contributed by atoms with Crippen molar-refractivity contribution in [1.82, 2.24) is 10.3 Å². The van der Waals surface area contributed by atoms with Crippen LogP contribution in [0, 0.1) is 0 Å². The predicted octanol–water partition coefficient (Wildman–Crippen LogP) is 10.2. The van der Waals surface area contributed by atoms with E-state index < -0.39 is 17.1 Å². The number of aromatic nitrogens is 1. The lowest BCUT2D eigenvalue weighted by molar-refractivity contribution is -0.116. The third-order valence-corrected chi connectivity index (χ3v) is 10.4. The van der Waals surface area contributed by atoms with E-state index in [1.165, 1.54) is 23.1 Å². The number of thioether (sulfide) groups is 1. The minimum Gasteiger partial charge on any atom is -0.321 e. The van der Waals surface area contributed by atoms with E-state index in [4.69, 9.17) is 0 Å². The number of nitrogens with one attached hydrogen (secondary N) is 3. The third kappa shape index (κ3) is 9.70. The highest BCUT2D eigenvalue weighted by Gasteiger charge is 2.21. The van der Waals surface area contributed by atoms with Crippen molar-refractivity contribution in [2.24, 2.45) is 0 Å². The molecule has 51 heavy (non-hydrogen) atoms. The van der Waals surface area contributed by atoms with Gasteiger partial charge in [0.05, 0.1) is 10.9 Å². The van der Waals surface area contributed by atoms with E-state index in [1.807, 2.05) is 115 Å². The first-order chi connectivity index (χ1) is 24.8. The number of hydrogen-bond acceptors (Lipinski definition) is 6. The first kappa shape index (κ1) is 35.5. The molecule has 0 spiro atoms. The highest BCUT2D eigenvalue weighted by atomic mass is 79.9. The Hall–Kier alpha value is -5.29. The summed E-state index contributed by atoms with van der Waals surface area (Å²) >= 11 is 6.23. The minimum atomic E-state index is -0.483. The molecule has 3 N–H and O–H groups in total. The largest absolute Gasteiger partial charge is 0.321 e. The summed E-state index contributed by atoms with van der Waals surface area (Å²) in [6.07, 6.45) is 2.24. The molecular weight excluding hydrogens is 741 g/mol. The highest BCUT2D eigenvalue weighted by molar-refractivity contribution is 9.10. The molecule has 10 heteroatoms. The number of rotatable bonds is 12. The Morgan fingerprint density at radius 2 is 1.45 bits per heavy atom. The van der Waals surface area contributed by atoms with Crippen LogP contribution in [0.1, 0.15) is 29.3 Å². The van der Waals surface area contributed by atoms with Gasteiger partial charge in [-0.05, 0) is 71.7 Å². The summed E-state index contributed by atoms with van der Waals surface area (Å²) in [5, 5.41) is 10.8. The molecule has 6 rings (SSSR count). The second kappa shape index (κ2) is 17.1. The lowest BCUT2D eigenvalue weighted by Crippen LogP contribution is -2.30. The molecule has 0 saturated heterocycles. The number of nitrogens with zero attached hydrogens (tertiary/aromatic N) is 1. The highest BCUT2D eigenvalue weighted by Crippen LogP contribution is 2.31. The number of amides is 3. The lowest BCUT2D eigenvalue weighted by atomic mass is 10.0. The Bertz CT molecular complexity index is 2150. The molecule has 6 aromatic rings. The summed E-state index contributed by atoms with van der Waals surface area (Å²) in [5.74, 6) is -1.03. The number of hydrogen-bond donors (Lipinski definition) is 3. The Morgan fingerprint density at radius 3 is 2.16 bits per heavy atom. The van der Waals surface area contributed by atoms with Gasteiger partial charge in [0, 0.05) is 31.6 Å². The Labute approximate surface area is 313 Å². The van der Waals surface area contributed by atoms with Crippen LogP contribution in [0.15, 0.2) is 154 Å². The zero-order valence-electron chi connectivity index (χ0n) is 27.5. The van der Waals surface area contributed by atoms with E-state index in [9.17, 15) is 14.4 Å². The number of anilines is 2. The van der Waals surface area contributed by atoms with Gasteiger partial charge in [-0.3, -0.25) is 14.4 Å². The standard InChI is InChI=1S/C41H33BrN4O3S2/c1-2-37(40(49)46-41-45-36(26-50-41)30-20-22-32(42)23-21-30)51-34-15-9-14-33(25-34)43-39(48)35(44-38(47)31-12-7-4-8-13-31)24-27-16-18-29(19-17-27)28-10-5-3-6-11-28/h3-26,37H,2H2,1H3,(H,43,48)(H,44,47)(H,45,46,49)/b35-24+. The molecular formula is C41H33BrN4O3S2. The molecule has 0 saturated carbocycles. The lowest BCUT2D eigenvalue weighted by Gasteiger charge is -2.15. The predicted molar refractivity (Wildman–Crippen MR) is 213 cm³/mol. The molecule has 0 aliphatic rings. The minimum absolute atomic E-state index is 0.0890. The van der Waals surface area contributed by atoms with Crippen LogP contribution in [-0.2, 0) is 9.59 Å². The summed E-state index contributed by atoms with van der Waals surface area (Å²) in [7, 11) is 0. The fraction of sp³-hybridized carbons (Fsp3) is 0.0732. The average Bonchev–Trinajstić information content (AvgIpc) is 3.63. The van der Waals surface area contributed by atoms with E-state index in [2.05, 4.69) is 36.9 Å². The van der Waals surface area contributed by atoms with Gasteiger partial charge in [0.15, 0.2) is 5.13 Å². The van der Waals surface area contributed by atoms with Gasteiger partial charge in [0.2, 0.25) is 5.91 Å². The van der Waals surface area contributed by atoms with Crippen LogP contribution in [0.25, 0.3) is 28.5 Å². The van der Waals surface area contributed by atoms with Crippen molar-refractivity contribution in [3.63, 3.8) is 0 Å². The maximum Gasteiger partial charge on any atom is 0.272 e. The van der Waals surface area contributed by atoms with Crippen molar-refractivity contribution in [2.45, 2.75) is 23.5 Å². The van der Waals surface area contributed by atoms with Crippen molar-refractivity contribution < 1.29 is 14.4 Å². The molecule has 254 valence electrons. The Morgan fingerprint density at radius 1 is 0.784 bits per heavy atom. The Balaban J connectivity index is 1.15. The molecule has 0 radical (unpaired) electrons. The zero-order valence-corrected chi connectivity index (χ0v) is 30.7. The van der Waals surface area contributed by atoms with Crippen molar-refractivity contribution in [2.75, 3.05) is 10.6 Å². The maximum absolute atomic E-state index is 13.7.